The Morgan fingerprint density at radius 1 is 1.61 bits per heavy atom. The number of amides is 1. The van der Waals surface area contributed by atoms with Crippen molar-refractivity contribution in [1.82, 2.24) is 20.0 Å². The van der Waals surface area contributed by atoms with Crippen LogP contribution >= 0.6 is 15.9 Å². The number of hydrogen-bond donors (Lipinski definition) is 2. The summed E-state index contributed by atoms with van der Waals surface area (Å²) in [7, 11) is 0. The quantitative estimate of drug-likeness (QED) is 0.878. The normalized spacial score (nSPS) is 10.6. The van der Waals surface area contributed by atoms with Crippen LogP contribution in [0.2, 0.25) is 0 Å². The predicted molar refractivity (Wildman–Crippen MR) is 68.1 cm³/mol. The standard InChI is InChI=1S/C10H12BrN5O2/c1-2-18-6-16-5-7(3-13-16)14-10(17)9-8(11)4-12-15-9/h3-5H,2,6H2,1H3,(H,12,15)(H,14,17). The minimum Gasteiger partial charge on any atom is -0.360 e. The second kappa shape index (κ2) is 5.78. The van der Waals surface area contributed by atoms with Gasteiger partial charge in [-0.15, -0.1) is 0 Å². The number of hydrogen-bond acceptors (Lipinski definition) is 4. The Hall–Kier alpha value is -1.67. The van der Waals surface area contributed by atoms with Gasteiger partial charge in [0.2, 0.25) is 0 Å². The van der Waals surface area contributed by atoms with Gasteiger partial charge in [0.25, 0.3) is 5.91 Å². The van der Waals surface area contributed by atoms with Crippen LogP contribution in [0.3, 0.4) is 0 Å². The van der Waals surface area contributed by atoms with Crippen LogP contribution < -0.4 is 5.32 Å². The largest absolute Gasteiger partial charge is 0.360 e. The van der Waals surface area contributed by atoms with Gasteiger partial charge >= 0.3 is 0 Å². The molecule has 0 aromatic carbocycles. The Kier molecular flexibility index (Phi) is 4.11. The van der Waals surface area contributed by atoms with Gasteiger partial charge in [0.05, 0.1) is 28.8 Å². The molecule has 2 aromatic heterocycles. The van der Waals surface area contributed by atoms with Gasteiger partial charge in [-0.2, -0.15) is 10.2 Å². The molecule has 0 spiro atoms. The van der Waals surface area contributed by atoms with E-state index in [0.29, 0.717) is 29.2 Å². The summed E-state index contributed by atoms with van der Waals surface area (Å²) in [6.45, 7) is 2.88. The number of carbonyl (C=O) groups is 1. The highest BCUT2D eigenvalue weighted by Gasteiger charge is 2.12. The van der Waals surface area contributed by atoms with E-state index in [9.17, 15) is 4.79 Å². The van der Waals surface area contributed by atoms with Gasteiger partial charge in [-0.25, -0.2) is 4.68 Å². The Bertz CT molecular complexity index is 536. The molecule has 0 saturated carbocycles. The first-order chi connectivity index (χ1) is 8.70. The molecular weight excluding hydrogens is 302 g/mol. The van der Waals surface area contributed by atoms with Crippen molar-refractivity contribution in [2.24, 2.45) is 0 Å². The summed E-state index contributed by atoms with van der Waals surface area (Å²) in [6, 6.07) is 0. The van der Waals surface area contributed by atoms with Crippen LogP contribution in [0.25, 0.3) is 0 Å². The van der Waals surface area contributed by atoms with E-state index in [1.54, 1.807) is 17.1 Å². The predicted octanol–water partition coefficient (Wildman–Crippen LogP) is 1.61. The zero-order chi connectivity index (χ0) is 13.0. The molecule has 0 aliphatic carbocycles. The number of anilines is 1. The molecule has 0 bridgehead atoms. The summed E-state index contributed by atoms with van der Waals surface area (Å²) < 4.78 is 7.40. The van der Waals surface area contributed by atoms with E-state index in [1.165, 1.54) is 6.20 Å². The average Bonchev–Trinajstić information content (AvgIpc) is 2.95. The van der Waals surface area contributed by atoms with Gasteiger partial charge in [0, 0.05) is 6.61 Å². The second-order valence-corrected chi connectivity index (χ2v) is 4.29. The van der Waals surface area contributed by atoms with Crippen molar-refractivity contribution in [3.63, 3.8) is 0 Å². The maximum Gasteiger partial charge on any atom is 0.274 e. The van der Waals surface area contributed by atoms with E-state index in [4.69, 9.17) is 4.74 Å². The molecule has 8 heteroatoms. The van der Waals surface area contributed by atoms with Gasteiger partial charge in [0.15, 0.2) is 0 Å². The molecular formula is C10H12BrN5O2. The molecule has 2 N–H and O–H groups in total. The fraction of sp³-hybridized carbons (Fsp3) is 0.300. The van der Waals surface area contributed by atoms with E-state index in [-0.39, 0.29) is 5.91 Å². The van der Waals surface area contributed by atoms with Crippen LogP contribution in [0, 0.1) is 0 Å². The van der Waals surface area contributed by atoms with Crippen molar-refractivity contribution in [1.29, 1.82) is 0 Å². The van der Waals surface area contributed by atoms with E-state index < -0.39 is 0 Å². The number of halogens is 1. The fourth-order valence-corrected chi connectivity index (χ4v) is 1.68. The monoisotopic (exact) mass is 313 g/mol. The van der Waals surface area contributed by atoms with Crippen molar-refractivity contribution in [3.05, 3.63) is 28.8 Å². The first-order valence-electron chi connectivity index (χ1n) is 5.31. The van der Waals surface area contributed by atoms with Crippen molar-refractivity contribution >= 4 is 27.5 Å². The molecule has 96 valence electrons. The van der Waals surface area contributed by atoms with Crippen molar-refractivity contribution in [2.45, 2.75) is 13.7 Å². The molecule has 18 heavy (non-hydrogen) atoms. The molecule has 0 atom stereocenters. The van der Waals surface area contributed by atoms with Crippen LogP contribution in [0.4, 0.5) is 5.69 Å². The lowest BCUT2D eigenvalue weighted by molar-refractivity contribution is 0.0792. The number of H-pyrrole nitrogens is 1. The average molecular weight is 314 g/mol. The van der Waals surface area contributed by atoms with E-state index in [1.807, 2.05) is 6.92 Å². The lowest BCUT2D eigenvalue weighted by Crippen LogP contribution is -2.12. The highest BCUT2D eigenvalue weighted by molar-refractivity contribution is 9.10. The Morgan fingerprint density at radius 2 is 2.44 bits per heavy atom. The van der Waals surface area contributed by atoms with Crippen LogP contribution in [0.5, 0.6) is 0 Å². The van der Waals surface area contributed by atoms with Gasteiger partial charge in [-0.1, -0.05) is 0 Å². The zero-order valence-electron chi connectivity index (χ0n) is 9.68. The fourth-order valence-electron chi connectivity index (χ4n) is 1.31. The van der Waals surface area contributed by atoms with Gasteiger partial charge in [0.1, 0.15) is 12.4 Å². The SMILES string of the molecule is CCOCn1cc(NC(=O)c2[nH]ncc2Br)cn1. The summed E-state index contributed by atoms with van der Waals surface area (Å²) in [5.41, 5.74) is 0.966. The molecule has 7 nitrogen and oxygen atoms in total. The Morgan fingerprint density at radius 3 is 3.11 bits per heavy atom. The number of aromatic nitrogens is 4. The van der Waals surface area contributed by atoms with Crippen molar-refractivity contribution in [2.75, 3.05) is 11.9 Å². The van der Waals surface area contributed by atoms with Gasteiger partial charge < -0.3 is 10.1 Å². The molecule has 0 fully saturated rings. The summed E-state index contributed by atoms with van der Waals surface area (Å²) in [4.78, 5) is 11.8. The molecule has 2 rings (SSSR count). The maximum absolute atomic E-state index is 11.8. The third-order valence-corrected chi connectivity index (χ3v) is 2.74. The van der Waals surface area contributed by atoms with Crippen LogP contribution in [-0.4, -0.2) is 32.5 Å². The van der Waals surface area contributed by atoms with E-state index in [2.05, 4.69) is 36.5 Å². The zero-order valence-corrected chi connectivity index (χ0v) is 11.3. The summed E-state index contributed by atoms with van der Waals surface area (Å²) in [5, 5.41) is 13.1. The third kappa shape index (κ3) is 2.96. The highest BCUT2D eigenvalue weighted by atomic mass is 79.9. The first-order valence-corrected chi connectivity index (χ1v) is 6.10. The molecule has 0 aliphatic rings. The lowest BCUT2D eigenvalue weighted by atomic mass is 10.4. The summed E-state index contributed by atoms with van der Waals surface area (Å²) in [5.74, 6) is -0.282. The minimum absolute atomic E-state index is 0.282. The van der Waals surface area contributed by atoms with Crippen LogP contribution in [0.15, 0.2) is 23.1 Å². The molecule has 2 aromatic rings. The smallest absolute Gasteiger partial charge is 0.274 e. The van der Waals surface area contributed by atoms with E-state index >= 15 is 0 Å². The lowest BCUT2D eigenvalue weighted by Gasteiger charge is -2.01. The Balaban J connectivity index is 1.99. The Labute approximate surface area is 112 Å². The molecule has 0 unspecified atom stereocenters. The second-order valence-electron chi connectivity index (χ2n) is 3.44. The highest BCUT2D eigenvalue weighted by Crippen LogP contribution is 2.14. The summed E-state index contributed by atoms with van der Waals surface area (Å²) in [6.07, 6.45) is 4.77. The number of ether oxygens (including phenoxy) is 1. The van der Waals surface area contributed by atoms with E-state index in [0.717, 1.165) is 0 Å². The number of aromatic amines is 1. The van der Waals surface area contributed by atoms with Gasteiger partial charge in [-0.05, 0) is 22.9 Å². The van der Waals surface area contributed by atoms with Gasteiger partial charge in [-0.3, -0.25) is 9.89 Å². The van der Waals surface area contributed by atoms with Crippen LogP contribution in [0.1, 0.15) is 17.4 Å². The topological polar surface area (TPSA) is 84.8 Å². The number of carbonyl (C=O) groups excluding carboxylic acids is 1. The van der Waals surface area contributed by atoms with Crippen molar-refractivity contribution in [3.8, 4) is 0 Å². The third-order valence-electron chi connectivity index (χ3n) is 2.14. The van der Waals surface area contributed by atoms with Crippen LogP contribution in [-0.2, 0) is 11.5 Å². The summed E-state index contributed by atoms with van der Waals surface area (Å²) >= 11 is 3.22. The number of rotatable bonds is 5. The molecule has 2 heterocycles. The molecule has 0 saturated heterocycles. The van der Waals surface area contributed by atoms with Crippen molar-refractivity contribution < 1.29 is 9.53 Å². The molecule has 1 amide bonds. The molecule has 0 aliphatic heterocycles. The first kappa shape index (κ1) is 12.8. The number of nitrogens with zero attached hydrogens (tertiary/aromatic N) is 3. The minimum atomic E-state index is -0.282. The maximum atomic E-state index is 11.8. The molecule has 0 radical (unpaired) electrons. The number of nitrogens with one attached hydrogen (secondary N) is 2.